The first kappa shape index (κ1) is 19.3. The average molecular weight is 359 g/mol. The van der Waals surface area contributed by atoms with Crippen molar-refractivity contribution in [3.05, 3.63) is 35.9 Å². The molecule has 0 radical (unpaired) electrons. The molecule has 4 atom stereocenters. The first-order chi connectivity index (χ1) is 12.2. The van der Waals surface area contributed by atoms with E-state index < -0.39 is 0 Å². The zero-order valence-electron chi connectivity index (χ0n) is 17.0. The lowest BCUT2D eigenvalue weighted by Crippen LogP contribution is -2.55. The van der Waals surface area contributed by atoms with Gasteiger partial charge in [-0.05, 0) is 78.5 Å². The molecule has 2 aliphatic rings. The predicted octanol–water partition coefficient (Wildman–Crippen LogP) is 5.02. The Labute approximate surface area is 158 Å². The van der Waals surface area contributed by atoms with E-state index in [0.717, 1.165) is 43.6 Å². The van der Waals surface area contributed by atoms with E-state index in [4.69, 9.17) is 9.47 Å². The molecule has 0 spiro atoms. The van der Waals surface area contributed by atoms with Gasteiger partial charge in [-0.3, -0.25) is 0 Å². The van der Waals surface area contributed by atoms with Crippen LogP contribution in [0, 0.1) is 22.7 Å². The van der Waals surface area contributed by atoms with E-state index in [9.17, 15) is 5.11 Å². The number of hydrogen-bond acceptors (Lipinski definition) is 3. The number of ether oxygens (including phenoxy) is 2. The highest BCUT2D eigenvalue weighted by atomic mass is 16.5. The molecule has 3 nitrogen and oxygen atoms in total. The van der Waals surface area contributed by atoms with Crippen LogP contribution >= 0.6 is 0 Å². The van der Waals surface area contributed by atoms with Crippen molar-refractivity contribution in [2.75, 3.05) is 14.2 Å². The Morgan fingerprint density at radius 1 is 1.15 bits per heavy atom. The minimum absolute atomic E-state index is 0.0512. The van der Waals surface area contributed by atoms with Crippen molar-refractivity contribution in [3.63, 3.8) is 0 Å². The molecular weight excluding hydrogens is 324 g/mol. The summed E-state index contributed by atoms with van der Waals surface area (Å²) in [5.74, 6) is 2.68. The van der Waals surface area contributed by atoms with Crippen LogP contribution in [0.15, 0.2) is 30.4 Å². The Morgan fingerprint density at radius 3 is 2.54 bits per heavy atom. The number of fused-ring (bicyclic) bond motifs is 1. The maximum absolute atomic E-state index is 10.6. The van der Waals surface area contributed by atoms with Gasteiger partial charge in [0, 0.05) is 0 Å². The number of aliphatic hydroxyl groups excluding tert-OH is 1. The summed E-state index contributed by atoms with van der Waals surface area (Å²) in [6.45, 7) is 11.4. The summed E-state index contributed by atoms with van der Waals surface area (Å²) in [5, 5.41) is 10.6. The van der Waals surface area contributed by atoms with Gasteiger partial charge >= 0.3 is 0 Å². The molecule has 0 aliphatic heterocycles. The van der Waals surface area contributed by atoms with Gasteiger partial charge in [-0.15, -0.1) is 0 Å². The lowest BCUT2D eigenvalue weighted by Gasteiger charge is -2.59. The van der Waals surface area contributed by atoms with Gasteiger partial charge in [0.1, 0.15) is 11.5 Å². The van der Waals surface area contributed by atoms with Crippen molar-refractivity contribution in [2.24, 2.45) is 22.7 Å². The third kappa shape index (κ3) is 3.05. The Bertz CT molecular complexity index is 678. The largest absolute Gasteiger partial charge is 0.497 e. The van der Waals surface area contributed by atoms with E-state index >= 15 is 0 Å². The van der Waals surface area contributed by atoms with E-state index in [1.54, 1.807) is 14.2 Å². The van der Waals surface area contributed by atoms with Gasteiger partial charge in [0.05, 0.1) is 20.3 Å². The fourth-order valence-corrected chi connectivity index (χ4v) is 5.80. The second kappa shape index (κ2) is 6.92. The molecule has 3 rings (SSSR count). The molecule has 0 amide bonds. The van der Waals surface area contributed by atoms with Crippen molar-refractivity contribution >= 4 is 0 Å². The van der Waals surface area contributed by atoms with Gasteiger partial charge in [-0.1, -0.05) is 32.9 Å². The Morgan fingerprint density at radius 2 is 1.88 bits per heavy atom. The molecule has 3 heteroatoms. The SMILES string of the molecule is C=C1CC[C@H]2C(C)(C)[C@@H](O)CC[C@]2(C)[C@H]1Cc1cc(OC)ccc1OC. The molecule has 0 bridgehead atoms. The normalized spacial score (nSPS) is 33.5. The van der Waals surface area contributed by atoms with Crippen LogP contribution in [0.25, 0.3) is 0 Å². The summed E-state index contributed by atoms with van der Waals surface area (Å²) in [4.78, 5) is 0. The molecule has 2 fully saturated rings. The molecule has 1 aromatic rings. The first-order valence-electron chi connectivity index (χ1n) is 9.80. The number of allylic oxidation sites excluding steroid dienone is 1. The maximum atomic E-state index is 10.6. The molecule has 1 aromatic carbocycles. The van der Waals surface area contributed by atoms with Gasteiger partial charge in [0.25, 0.3) is 0 Å². The predicted molar refractivity (Wildman–Crippen MR) is 106 cm³/mol. The second-order valence-corrected chi connectivity index (χ2v) is 9.07. The van der Waals surface area contributed by atoms with Crippen LogP contribution in [0.3, 0.4) is 0 Å². The number of benzene rings is 1. The van der Waals surface area contributed by atoms with Crippen LogP contribution in [-0.4, -0.2) is 25.4 Å². The van der Waals surface area contributed by atoms with Gasteiger partial charge in [-0.2, -0.15) is 0 Å². The zero-order chi connectivity index (χ0) is 19.1. The van der Waals surface area contributed by atoms with Gasteiger partial charge < -0.3 is 14.6 Å². The molecule has 2 aliphatic carbocycles. The maximum Gasteiger partial charge on any atom is 0.122 e. The van der Waals surface area contributed by atoms with Crippen molar-refractivity contribution in [3.8, 4) is 11.5 Å². The molecule has 0 saturated heterocycles. The van der Waals surface area contributed by atoms with E-state index in [0.29, 0.717) is 11.8 Å². The quantitative estimate of drug-likeness (QED) is 0.769. The average Bonchev–Trinajstić information content (AvgIpc) is 2.61. The van der Waals surface area contributed by atoms with Crippen molar-refractivity contribution in [1.29, 1.82) is 0 Å². The van der Waals surface area contributed by atoms with Crippen LogP contribution in [-0.2, 0) is 6.42 Å². The summed E-state index contributed by atoms with van der Waals surface area (Å²) in [7, 11) is 3.43. The third-order valence-corrected chi connectivity index (χ3v) is 7.46. The van der Waals surface area contributed by atoms with Crippen molar-refractivity contribution in [2.45, 2.75) is 59.0 Å². The summed E-state index contributed by atoms with van der Waals surface area (Å²) in [6.07, 6.45) is 4.81. The van der Waals surface area contributed by atoms with E-state index in [-0.39, 0.29) is 16.9 Å². The number of aliphatic hydroxyl groups is 1. The minimum Gasteiger partial charge on any atom is -0.497 e. The molecule has 144 valence electrons. The molecular formula is C23H34O3. The van der Waals surface area contributed by atoms with Crippen LogP contribution < -0.4 is 9.47 Å². The Balaban J connectivity index is 1.97. The van der Waals surface area contributed by atoms with Gasteiger partial charge in [-0.25, -0.2) is 0 Å². The smallest absolute Gasteiger partial charge is 0.122 e. The standard InChI is InChI=1S/C23H34O3/c1-15-7-10-20-22(2,3)21(24)11-12-23(20,4)18(15)14-16-13-17(25-5)8-9-19(16)26-6/h8-9,13,18,20-21,24H,1,7,10-12,14H2,2-6H3/t18-,20-,21-,23+/m0/s1. The highest BCUT2D eigenvalue weighted by Gasteiger charge is 2.55. The summed E-state index contributed by atoms with van der Waals surface area (Å²) in [6, 6.07) is 6.04. The summed E-state index contributed by atoms with van der Waals surface area (Å²) < 4.78 is 11.1. The Hall–Kier alpha value is -1.48. The molecule has 0 unspecified atom stereocenters. The summed E-state index contributed by atoms with van der Waals surface area (Å²) >= 11 is 0. The van der Waals surface area contributed by atoms with Gasteiger partial charge in [0.15, 0.2) is 0 Å². The van der Waals surface area contributed by atoms with E-state index in [1.807, 2.05) is 12.1 Å². The fourth-order valence-electron chi connectivity index (χ4n) is 5.80. The number of rotatable bonds is 4. The highest BCUT2D eigenvalue weighted by Crippen LogP contribution is 2.61. The van der Waals surface area contributed by atoms with Crippen LogP contribution in [0.5, 0.6) is 11.5 Å². The van der Waals surface area contributed by atoms with Crippen LogP contribution in [0.2, 0.25) is 0 Å². The zero-order valence-corrected chi connectivity index (χ0v) is 17.0. The molecule has 26 heavy (non-hydrogen) atoms. The van der Waals surface area contributed by atoms with E-state index in [1.165, 1.54) is 11.1 Å². The van der Waals surface area contributed by atoms with Crippen molar-refractivity contribution in [1.82, 2.24) is 0 Å². The monoisotopic (exact) mass is 358 g/mol. The molecule has 0 heterocycles. The Kier molecular flexibility index (Phi) is 5.13. The summed E-state index contributed by atoms with van der Waals surface area (Å²) in [5.41, 5.74) is 2.64. The minimum atomic E-state index is -0.209. The van der Waals surface area contributed by atoms with Gasteiger partial charge in [0.2, 0.25) is 0 Å². The number of hydrogen-bond donors (Lipinski definition) is 1. The first-order valence-corrected chi connectivity index (χ1v) is 9.80. The highest BCUT2D eigenvalue weighted by molar-refractivity contribution is 5.41. The fraction of sp³-hybridized carbons (Fsp3) is 0.652. The third-order valence-electron chi connectivity index (χ3n) is 7.46. The topological polar surface area (TPSA) is 38.7 Å². The van der Waals surface area contributed by atoms with E-state index in [2.05, 4.69) is 33.4 Å². The van der Waals surface area contributed by atoms with Crippen LogP contribution in [0.1, 0.15) is 52.0 Å². The molecule has 0 aromatic heterocycles. The molecule has 1 N–H and O–H groups in total. The van der Waals surface area contributed by atoms with Crippen molar-refractivity contribution < 1.29 is 14.6 Å². The lowest BCUT2D eigenvalue weighted by molar-refractivity contribution is -0.123. The molecule has 2 saturated carbocycles. The lowest BCUT2D eigenvalue weighted by atomic mass is 9.46. The van der Waals surface area contributed by atoms with Crippen LogP contribution in [0.4, 0.5) is 0 Å². The number of methoxy groups -OCH3 is 2. The second-order valence-electron chi connectivity index (χ2n) is 9.07.